The molecule has 0 unspecified atom stereocenters. The monoisotopic (exact) mass is 375 g/mol. The molecule has 3 heterocycles. The smallest absolute Gasteiger partial charge is 0.303 e. The number of carbonyl (C=O) groups is 1. The molecule has 6 nitrogen and oxygen atoms in total. The molecule has 3 aliphatic heterocycles. The van der Waals surface area contributed by atoms with Crippen LogP contribution in [0.25, 0.3) is 0 Å². The van der Waals surface area contributed by atoms with Gasteiger partial charge in [-0.25, -0.2) is 0 Å². The summed E-state index contributed by atoms with van der Waals surface area (Å²) in [5.41, 5.74) is 0.682. The molecule has 6 heteroatoms. The van der Waals surface area contributed by atoms with Gasteiger partial charge in [0.05, 0.1) is 12.2 Å². The minimum atomic E-state index is -0.723. The van der Waals surface area contributed by atoms with Crippen LogP contribution in [0.15, 0.2) is 18.2 Å². The van der Waals surface area contributed by atoms with Gasteiger partial charge in [-0.05, 0) is 57.7 Å². The molecule has 0 bridgehead atoms. The first-order valence-electron chi connectivity index (χ1n) is 9.95. The van der Waals surface area contributed by atoms with E-state index in [1.54, 1.807) is 12.1 Å². The molecule has 2 saturated heterocycles. The van der Waals surface area contributed by atoms with Gasteiger partial charge in [0.15, 0.2) is 0 Å². The minimum absolute atomic E-state index is 0.00385. The van der Waals surface area contributed by atoms with Crippen LogP contribution in [0.2, 0.25) is 0 Å². The normalized spacial score (nSPS) is 31.9. The zero-order valence-electron chi connectivity index (χ0n) is 16.1. The maximum absolute atomic E-state index is 10.8. The number of aliphatic carboxylic acids is 1. The second-order valence-corrected chi connectivity index (χ2v) is 8.71. The summed E-state index contributed by atoms with van der Waals surface area (Å²) in [5, 5.41) is 18.7. The lowest BCUT2D eigenvalue weighted by Crippen LogP contribution is -2.55. The van der Waals surface area contributed by atoms with Gasteiger partial charge >= 0.3 is 5.97 Å². The first-order valence-corrected chi connectivity index (χ1v) is 9.95. The van der Waals surface area contributed by atoms with Crippen molar-refractivity contribution in [2.75, 3.05) is 19.6 Å². The van der Waals surface area contributed by atoms with Crippen LogP contribution in [0.4, 0.5) is 0 Å². The number of fused-ring (bicyclic) bond motifs is 4. The van der Waals surface area contributed by atoms with Crippen LogP contribution in [0.5, 0.6) is 11.5 Å². The van der Waals surface area contributed by atoms with Gasteiger partial charge in [0, 0.05) is 37.1 Å². The Morgan fingerprint density at radius 2 is 2.19 bits per heavy atom. The van der Waals surface area contributed by atoms with Crippen LogP contribution in [0, 0.1) is 11.8 Å². The van der Waals surface area contributed by atoms with E-state index in [0.29, 0.717) is 12.3 Å². The highest BCUT2D eigenvalue weighted by molar-refractivity contribution is 5.66. The Hall–Kier alpha value is -1.79. The molecule has 0 aromatic heterocycles. The molecule has 27 heavy (non-hydrogen) atoms. The number of piperidine rings is 1. The van der Waals surface area contributed by atoms with Crippen molar-refractivity contribution in [1.29, 1.82) is 0 Å². The lowest BCUT2D eigenvalue weighted by atomic mass is 9.70. The van der Waals surface area contributed by atoms with Gasteiger partial charge in [-0.15, -0.1) is 0 Å². The lowest BCUT2D eigenvalue weighted by Gasteiger charge is -2.53. The summed E-state index contributed by atoms with van der Waals surface area (Å²) in [5.74, 6) is 0.929. The van der Waals surface area contributed by atoms with Crippen LogP contribution in [-0.2, 0) is 9.53 Å². The number of likely N-dealkylation sites (tertiary alicyclic amines) is 1. The predicted molar refractivity (Wildman–Crippen MR) is 100.0 cm³/mol. The van der Waals surface area contributed by atoms with Crippen LogP contribution >= 0.6 is 0 Å². The van der Waals surface area contributed by atoms with Crippen molar-refractivity contribution in [3.63, 3.8) is 0 Å². The highest BCUT2D eigenvalue weighted by Crippen LogP contribution is 2.53. The Kier molecular flexibility index (Phi) is 4.80. The van der Waals surface area contributed by atoms with Crippen LogP contribution < -0.4 is 4.74 Å². The van der Waals surface area contributed by atoms with E-state index < -0.39 is 5.97 Å². The summed E-state index contributed by atoms with van der Waals surface area (Å²) in [4.78, 5) is 13.1. The molecule has 4 rings (SSSR count). The number of benzene rings is 1. The first kappa shape index (κ1) is 18.6. The molecule has 0 spiro atoms. The number of hydrogen-bond acceptors (Lipinski definition) is 5. The molecular formula is C21H29NO5. The van der Waals surface area contributed by atoms with E-state index in [1.165, 1.54) is 0 Å². The second kappa shape index (κ2) is 6.99. The molecule has 3 aliphatic rings. The van der Waals surface area contributed by atoms with E-state index in [2.05, 4.69) is 18.7 Å². The van der Waals surface area contributed by atoms with Crippen molar-refractivity contribution in [3.8, 4) is 11.5 Å². The number of phenols is 1. The fourth-order valence-corrected chi connectivity index (χ4v) is 5.03. The van der Waals surface area contributed by atoms with E-state index in [1.807, 2.05) is 6.07 Å². The number of hydrogen-bond donors (Lipinski definition) is 2. The summed E-state index contributed by atoms with van der Waals surface area (Å²) >= 11 is 0. The van der Waals surface area contributed by atoms with Gasteiger partial charge in [0.2, 0.25) is 0 Å². The number of carboxylic acids is 1. The van der Waals surface area contributed by atoms with Crippen molar-refractivity contribution in [2.24, 2.45) is 11.8 Å². The van der Waals surface area contributed by atoms with Gasteiger partial charge < -0.3 is 24.6 Å². The van der Waals surface area contributed by atoms with E-state index in [4.69, 9.17) is 14.6 Å². The van der Waals surface area contributed by atoms with E-state index in [9.17, 15) is 9.90 Å². The SMILES string of the molecule is CC1(C)Oc2cc(O)ccc2[C@@H]2O[C@@H]3CCN(CCCC(=O)O)C[C@H]3C[C@H]21. The number of rotatable bonds is 4. The highest BCUT2D eigenvalue weighted by Gasteiger charge is 2.51. The molecule has 4 atom stereocenters. The van der Waals surface area contributed by atoms with Gasteiger partial charge in [0.25, 0.3) is 0 Å². The number of aromatic hydroxyl groups is 1. The Labute approximate surface area is 160 Å². The number of ether oxygens (including phenoxy) is 2. The predicted octanol–water partition coefficient (Wildman–Crippen LogP) is 3.20. The number of nitrogens with zero attached hydrogens (tertiary/aromatic N) is 1. The molecule has 148 valence electrons. The summed E-state index contributed by atoms with van der Waals surface area (Å²) in [6, 6.07) is 5.32. The van der Waals surface area contributed by atoms with Crippen molar-refractivity contribution in [1.82, 2.24) is 4.90 Å². The summed E-state index contributed by atoms with van der Waals surface area (Å²) in [6.07, 6.45) is 3.19. The molecule has 0 saturated carbocycles. The van der Waals surface area contributed by atoms with Crippen LogP contribution in [-0.4, -0.2) is 52.4 Å². The maximum atomic E-state index is 10.8. The molecule has 1 aromatic carbocycles. The maximum Gasteiger partial charge on any atom is 0.303 e. The fraction of sp³-hybridized carbons (Fsp3) is 0.667. The van der Waals surface area contributed by atoms with Crippen molar-refractivity contribution in [3.05, 3.63) is 23.8 Å². The number of carboxylic acid groups (broad SMARTS) is 1. The highest BCUT2D eigenvalue weighted by atomic mass is 16.5. The standard InChI is InChI=1S/C21H29NO5/c1-21(2)16-10-13-12-22(8-3-4-19(24)25)9-7-17(13)26-20(16)15-6-5-14(23)11-18(15)27-21/h5-6,11,13,16-17,20,23H,3-4,7-10,12H2,1-2H3,(H,24,25)/t13-,16-,17-,20+/m1/s1. The quantitative estimate of drug-likeness (QED) is 0.841. The molecule has 1 aromatic rings. The summed E-state index contributed by atoms with van der Waals surface area (Å²) in [6.45, 7) is 6.97. The minimum Gasteiger partial charge on any atom is -0.508 e. The molecule has 2 fully saturated rings. The topological polar surface area (TPSA) is 79.2 Å². The molecular weight excluding hydrogens is 346 g/mol. The fourth-order valence-electron chi connectivity index (χ4n) is 5.03. The second-order valence-electron chi connectivity index (χ2n) is 8.71. The Bertz CT molecular complexity index is 719. The zero-order valence-corrected chi connectivity index (χ0v) is 16.1. The van der Waals surface area contributed by atoms with Gasteiger partial charge in [-0.3, -0.25) is 4.79 Å². The number of phenolic OH excluding ortho intramolecular Hbond substituents is 1. The zero-order chi connectivity index (χ0) is 19.2. The van der Waals surface area contributed by atoms with E-state index >= 15 is 0 Å². The van der Waals surface area contributed by atoms with Crippen LogP contribution in [0.3, 0.4) is 0 Å². The summed E-state index contributed by atoms with van der Waals surface area (Å²) < 4.78 is 12.9. The Balaban J connectivity index is 1.48. The third-order valence-corrected chi connectivity index (χ3v) is 6.43. The first-order chi connectivity index (χ1) is 12.8. The third-order valence-electron chi connectivity index (χ3n) is 6.43. The van der Waals surface area contributed by atoms with Crippen molar-refractivity contribution >= 4 is 5.97 Å². The Morgan fingerprint density at radius 1 is 1.37 bits per heavy atom. The molecule has 2 N–H and O–H groups in total. The average molecular weight is 375 g/mol. The van der Waals surface area contributed by atoms with E-state index in [-0.39, 0.29) is 35.9 Å². The average Bonchev–Trinajstić information content (AvgIpc) is 2.59. The molecule has 0 radical (unpaired) electrons. The third kappa shape index (κ3) is 3.65. The largest absolute Gasteiger partial charge is 0.508 e. The van der Waals surface area contributed by atoms with Gasteiger partial charge in [-0.1, -0.05) is 0 Å². The van der Waals surface area contributed by atoms with E-state index in [0.717, 1.165) is 43.8 Å². The molecule has 0 aliphatic carbocycles. The van der Waals surface area contributed by atoms with Crippen molar-refractivity contribution < 1.29 is 24.5 Å². The van der Waals surface area contributed by atoms with Gasteiger partial charge in [0.1, 0.15) is 17.1 Å². The van der Waals surface area contributed by atoms with Gasteiger partial charge in [-0.2, -0.15) is 0 Å². The molecule has 0 amide bonds. The van der Waals surface area contributed by atoms with Crippen molar-refractivity contribution in [2.45, 2.75) is 57.3 Å². The van der Waals surface area contributed by atoms with Crippen LogP contribution in [0.1, 0.15) is 51.2 Å². The lowest BCUT2D eigenvalue weighted by molar-refractivity contribution is -0.187. The summed E-state index contributed by atoms with van der Waals surface area (Å²) in [7, 11) is 0. The Morgan fingerprint density at radius 3 is 2.96 bits per heavy atom.